The van der Waals surface area contributed by atoms with E-state index in [1.54, 1.807) is 18.2 Å². The third-order valence-corrected chi connectivity index (χ3v) is 4.26. The van der Waals surface area contributed by atoms with Gasteiger partial charge >= 0.3 is 6.03 Å². The third-order valence-electron chi connectivity index (χ3n) is 3.94. The number of halogens is 1. The average molecular weight is 413 g/mol. The van der Waals surface area contributed by atoms with Crippen LogP contribution in [-0.4, -0.2) is 34.4 Å². The molecule has 3 rings (SSSR count). The first kappa shape index (κ1) is 20.5. The standard InChI is InChI=1S/C20H21ClN6O2/c21-17-8-7-16(29-12-4-9-22)13-18(17)27(19-23-10-11-25-26-19)20(28)24-14-15-5-2-1-3-6-15/h1-3,5-8,10-11,13H,4,9,12,14,22H2,(H,24,28). The lowest BCUT2D eigenvalue weighted by molar-refractivity contribution is 0.248. The van der Waals surface area contributed by atoms with Crippen molar-refractivity contribution in [3.05, 3.63) is 71.5 Å². The van der Waals surface area contributed by atoms with Crippen LogP contribution in [0, 0.1) is 0 Å². The van der Waals surface area contributed by atoms with Gasteiger partial charge in [0, 0.05) is 12.6 Å². The number of ether oxygens (including phenoxy) is 1. The van der Waals surface area contributed by atoms with Gasteiger partial charge < -0.3 is 15.8 Å². The van der Waals surface area contributed by atoms with E-state index in [2.05, 4.69) is 20.5 Å². The molecular weight excluding hydrogens is 392 g/mol. The van der Waals surface area contributed by atoms with Crippen LogP contribution in [0.2, 0.25) is 5.02 Å². The lowest BCUT2D eigenvalue weighted by Crippen LogP contribution is -2.37. The zero-order chi connectivity index (χ0) is 20.5. The van der Waals surface area contributed by atoms with Gasteiger partial charge in [0.2, 0.25) is 0 Å². The second kappa shape index (κ2) is 10.4. The Balaban J connectivity index is 1.87. The summed E-state index contributed by atoms with van der Waals surface area (Å²) in [5, 5.41) is 11.0. The van der Waals surface area contributed by atoms with Crippen molar-refractivity contribution in [3.8, 4) is 5.75 Å². The predicted molar refractivity (Wildman–Crippen MR) is 111 cm³/mol. The SMILES string of the molecule is NCCCOc1ccc(Cl)c(N(C(=O)NCc2ccccc2)c2nccnn2)c1. The monoisotopic (exact) mass is 412 g/mol. The maximum Gasteiger partial charge on any atom is 0.329 e. The van der Waals surface area contributed by atoms with Crippen molar-refractivity contribution < 1.29 is 9.53 Å². The fraction of sp³-hybridized carbons (Fsp3) is 0.200. The van der Waals surface area contributed by atoms with Gasteiger partial charge in [-0.25, -0.2) is 14.7 Å². The number of rotatable bonds is 8. The van der Waals surface area contributed by atoms with E-state index in [-0.39, 0.29) is 5.95 Å². The van der Waals surface area contributed by atoms with E-state index in [0.717, 1.165) is 5.56 Å². The first-order valence-corrected chi connectivity index (χ1v) is 9.45. The maximum atomic E-state index is 13.0. The highest BCUT2D eigenvalue weighted by Crippen LogP contribution is 2.33. The van der Waals surface area contributed by atoms with Crippen LogP contribution in [0.5, 0.6) is 5.75 Å². The number of hydrogen-bond acceptors (Lipinski definition) is 6. The molecule has 1 aromatic heterocycles. The van der Waals surface area contributed by atoms with Crippen LogP contribution in [-0.2, 0) is 6.54 Å². The molecule has 2 amide bonds. The van der Waals surface area contributed by atoms with Gasteiger partial charge in [-0.15, -0.1) is 5.10 Å². The number of benzene rings is 2. The number of carbonyl (C=O) groups excluding carboxylic acids is 1. The second-order valence-electron chi connectivity index (χ2n) is 6.03. The highest BCUT2D eigenvalue weighted by atomic mass is 35.5. The Morgan fingerprint density at radius 2 is 2.00 bits per heavy atom. The third kappa shape index (κ3) is 5.63. The molecule has 0 saturated carbocycles. The molecule has 9 heteroatoms. The molecular formula is C20H21ClN6O2. The smallest absolute Gasteiger partial charge is 0.329 e. The number of nitrogens with two attached hydrogens (primary N) is 1. The number of nitrogens with zero attached hydrogens (tertiary/aromatic N) is 4. The van der Waals surface area contributed by atoms with Crippen molar-refractivity contribution in [1.29, 1.82) is 0 Å². The Morgan fingerprint density at radius 3 is 2.72 bits per heavy atom. The van der Waals surface area contributed by atoms with Gasteiger partial charge in [0.25, 0.3) is 5.95 Å². The summed E-state index contributed by atoms with van der Waals surface area (Å²) in [5.74, 6) is 0.654. The van der Waals surface area contributed by atoms with E-state index < -0.39 is 6.03 Å². The molecule has 29 heavy (non-hydrogen) atoms. The summed E-state index contributed by atoms with van der Waals surface area (Å²) in [6.07, 6.45) is 3.60. The van der Waals surface area contributed by atoms with E-state index in [1.807, 2.05) is 30.3 Å². The van der Waals surface area contributed by atoms with Crippen molar-refractivity contribution in [3.63, 3.8) is 0 Å². The first-order chi connectivity index (χ1) is 14.2. The van der Waals surface area contributed by atoms with E-state index in [1.165, 1.54) is 17.3 Å². The number of carbonyl (C=O) groups is 1. The summed E-state index contributed by atoms with van der Waals surface area (Å²) >= 11 is 6.39. The highest BCUT2D eigenvalue weighted by Gasteiger charge is 2.24. The van der Waals surface area contributed by atoms with E-state index in [0.29, 0.717) is 42.6 Å². The molecule has 0 aliphatic rings. The summed E-state index contributed by atoms with van der Waals surface area (Å²) in [7, 11) is 0. The van der Waals surface area contributed by atoms with Crippen molar-refractivity contribution in [2.45, 2.75) is 13.0 Å². The summed E-state index contributed by atoms with van der Waals surface area (Å²) in [5.41, 5.74) is 6.85. The first-order valence-electron chi connectivity index (χ1n) is 9.07. The molecule has 0 aliphatic carbocycles. The van der Waals surface area contributed by atoms with Gasteiger partial charge in [0.1, 0.15) is 5.75 Å². The molecule has 150 valence electrons. The van der Waals surface area contributed by atoms with Crippen molar-refractivity contribution in [1.82, 2.24) is 20.5 Å². The Morgan fingerprint density at radius 1 is 1.17 bits per heavy atom. The molecule has 1 heterocycles. The quantitative estimate of drug-likeness (QED) is 0.550. The van der Waals surface area contributed by atoms with E-state index >= 15 is 0 Å². The zero-order valence-electron chi connectivity index (χ0n) is 15.7. The molecule has 8 nitrogen and oxygen atoms in total. The average Bonchev–Trinajstić information content (AvgIpc) is 2.76. The van der Waals surface area contributed by atoms with Crippen LogP contribution in [0.25, 0.3) is 0 Å². The van der Waals surface area contributed by atoms with Crippen LogP contribution in [0.4, 0.5) is 16.4 Å². The summed E-state index contributed by atoms with van der Waals surface area (Å²) in [4.78, 5) is 18.5. The summed E-state index contributed by atoms with van der Waals surface area (Å²) < 4.78 is 5.68. The van der Waals surface area contributed by atoms with E-state index in [4.69, 9.17) is 22.1 Å². The molecule has 0 radical (unpaired) electrons. The second-order valence-corrected chi connectivity index (χ2v) is 6.43. The van der Waals surface area contributed by atoms with Crippen molar-refractivity contribution in [2.75, 3.05) is 18.1 Å². The largest absolute Gasteiger partial charge is 0.493 e. The molecule has 3 N–H and O–H groups in total. The number of aromatic nitrogens is 3. The highest BCUT2D eigenvalue weighted by molar-refractivity contribution is 6.34. The van der Waals surface area contributed by atoms with E-state index in [9.17, 15) is 4.79 Å². The lowest BCUT2D eigenvalue weighted by atomic mass is 10.2. The van der Waals surface area contributed by atoms with Gasteiger partial charge in [-0.2, -0.15) is 5.10 Å². The topological polar surface area (TPSA) is 106 Å². The number of anilines is 2. The number of amides is 2. The number of nitrogens with one attached hydrogen (secondary N) is 1. The summed E-state index contributed by atoms with van der Waals surface area (Å²) in [6, 6.07) is 14.2. The van der Waals surface area contributed by atoms with Crippen LogP contribution in [0.3, 0.4) is 0 Å². The van der Waals surface area contributed by atoms with Crippen molar-refractivity contribution in [2.24, 2.45) is 5.73 Å². The normalized spacial score (nSPS) is 10.4. The molecule has 0 spiro atoms. The van der Waals surface area contributed by atoms with Crippen LogP contribution < -0.4 is 20.7 Å². The van der Waals surface area contributed by atoms with Gasteiger partial charge in [-0.3, -0.25) is 0 Å². The summed E-state index contributed by atoms with van der Waals surface area (Å²) in [6.45, 7) is 1.32. The molecule has 0 fully saturated rings. The molecule has 0 atom stereocenters. The lowest BCUT2D eigenvalue weighted by Gasteiger charge is -2.22. The fourth-order valence-corrected chi connectivity index (χ4v) is 2.73. The molecule has 0 aliphatic heterocycles. The minimum absolute atomic E-state index is 0.0964. The van der Waals surface area contributed by atoms with Crippen LogP contribution in [0.15, 0.2) is 60.9 Å². The molecule has 3 aromatic rings. The zero-order valence-corrected chi connectivity index (χ0v) is 16.4. The Bertz CT molecular complexity index is 927. The fourth-order valence-electron chi connectivity index (χ4n) is 2.53. The number of urea groups is 1. The minimum Gasteiger partial charge on any atom is -0.493 e. The van der Waals surface area contributed by atoms with Gasteiger partial charge in [0.05, 0.1) is 29.7 Å². The molecule has 0 saturated heterocycles. The van der Waals surface area contributed by atoms with Crippen LogP contribution in [0.1, 0.15) is 12.0 Å². The van der Waals surface area contributed by atoms with Crippen molar-refractivity contribution >= 4 is 29.3 Å². The minimum atomic E-state index is -0.442. The molecule has 2 aromatic carbocycles. The maximum absolute atomic E-state index is 13.0. The Hall–Kier alpha value is -3.23. The molecule has 0 bridgehead atoms. The molecule has 0 unspecified atom stereocenters. The Kier molecular flexibility index (Phi) is 7.32. The Labute approximate surface area is 173 Å². The predicted octanol–water partition coefficient (Wildman–Crippen LogP) is 3.30. The van der Waals surface area contributed by atoms with Gasteiger partial charge in [0.15, 0.2) is 0 Å². The van der Waals surface area contributed by atoms with Gasteiger partial charge in [-0.05, 0) is 30.7 Å². The van der Waals surface area contributed by atoms with Gasteiger partial charge in [-0.1, -0.05) is 41.9 Å². The van der Waals surface area contributed by atoms with Crippen LogP contribution >= 0.6 is 11.6 Å². The number of hydrogen-bond donors (Lipinski definition) is 2.